The monoisotopic (exact) mass is 414 g/mol. The summed E-state index contributed by atoms with van der Waals surface area (Å²) in [4.78, 5) is 8.22. The predicted molar refractivity (Wildman–Crippen MR) is 110 cm³/mol. The van der Waals surface area contributed by atoms with Crippen molar-refractivity contribution in [1.82, 2.24) is 15.3 Å². The second kappa shape index (κ2) is 10.6. The topological polar surface area (TPSA) is 79.3 Å². The van der Waals surface area contributed by atoms with Crippen molar-refractivity contribution in [3.05, 3.63) is 83.7 Å². The van der Waals surface area contributed by atoms with Gasteiger partial charge in [0.2, 0.25) is 5.95 Å². The molecule has 0 aliphatic carbocycles. The fourth-order valence-electron chi connectivity index (χ4n) is 3.09. The number of rotatable bonds is 10. The first-order chi connectivity index (χ1) is 14.5. The number of aliphatic hydroxyl groups excluding tert-OH is 1. The molecule has 0 bridgehead atoms. The average molecular weight is 414 g/mol. The molecule has 6 nitrogen and oxygen atoms in total. The van der Waals surface area contributed by atoms with Gasteiger partial charge in [0.1, 0.15) is 17.4 Å². The maximum absolute atomic E-state index is 13.6. The summed E-state index contributed by atoms with van der Waals surface area (Å²) >= 11 is 0. The van der Waals surface area contributed by atoms with E-state index in [4.69, 9.17) is 4.74 Å². The van der Waals surface area contributed by atoms with E-state index >= 15 is 0 Å². The number of nitrogens with one attached hydrogen (secondary N) is 2. The Bertz CT molecular complexity index is 923. The van der Waals surface area contributed by atoms with E-state index in [1.54, 1.807) is 25.6 Å². The zero-order chi connectivity index (χ0) is 21.3. The quantitative estimate of drug-likeness (QED) is 0.474. The molecule has 2 atom stereocenters. The van der Waals surface area contributed by atoms with Gasteiger partial charge >= 0.3 is 0 Å². The summed E-state index contributed by atoms with van der Waals surface area (Å²) in [6.07, 6.45) is 2.46. The molecule has 0 saturated carbocycles. The molecule has 0 fully saturated rings. The minimum atomic E-state index is -0.870. The normalized spacial score (nSPS) is 12.9. The number of aliphatic hydroxyl groups is 1. The summed E-state index contributed by atoms with van der Waals surface area (Å²) in [6, 6.07) is 12.0. The highest BCUT2D eigenvalue weighted by molar-refractivity contribution is 5.29. The first kappa shape index (κ1) is 21.6. The number of halogens is 2. The van der Waals surface area contributed by atoms with Gasteiger partial charge in [-0.25, -0.2) is 18.7 Å². The fraction of sp³-hybridized carbons (Fsp3) is 0.273. The Morgan fingerprint density at radius 1 is 1.00 bits per heavy atom. The van der Waals surface area contributed by atoms with E-state index in [2.05, 4.69) is 20.6 Å². The van der Waals surface area contributed by atoms with Crippen molar-refractivity contribution < 1.29 is 18.6 Å². The molecule has 2 aromatic carbocycles. The molecular weight excluding hydrogens is 390 g/mol. The van der Waals surface area contributed by atoms with Crippen molar-refractivity contribution in [2.75, 3.05) is 19.0 Å². The molecule has 0 aliphatic rings. The number of hydrogen-bond acceptors (Lipinski definition) is 6. The Labute approximate surface area is 174 Å². The predicted octanol–water partition coefficient (Wildman–Crippen LogP) is 2.94. The van der Waals surface area contributed by atoms with Gasteiger partial charge in [0.15, 0.2) is 0 Å². The van der Waals surface area contributed by atoms with E-state index < -0.39 is 23.8 Å². The molecule has 3 aromatic rings. The van der Waals surface area contributed by atoms with Gasteiger partial charge in [0.25, 0.3) is 0 Å². The smallest absolute Gasteiger partial charge is 0.222 e. The second-order valence-electron chi connectivity index (χ2n) is 6.85. The number of methoxy groups -OCH3 is 1. The second-order valence-corrected chi connectivity index (χ2v) is 6.85. The Morgan fingerprint density at radius 2 is 1.73 bits per heavy atom. The molecular formula is C22H24F2N4O2. The molecule has 0 aliphatic heterocycles. The lowest BCUT2D eigenvalue weighted by atomic mass is 10.0. The van der Waals surface area contributed by atoms with E-state index in [9.17, 15) is 13.9 Å². The van der Waals surface area contributed by atoms with Crippen LogP contribution in [0.3, 0.4) is 0 Å². The zero-order valence-electron chi connectivity index (χ0n) is 16.6. The van der Waals surface area contributed by atoms with Crippen molar-refractivity contribution in [3.8, 4) is 5.75 Å². The van der Waals surface area contributed by atoms with Crippen molar-refractivity contribution in [2.45, 2.75) is 25.1 Å². The molecule has 3 rings (SSSR count). The summed E-state index contributed by atoms with van der Waals surface area (Å²) in [5, 5.41) is 17.0. The molecule has 0 spiro atoms. The van der Waals surface area contributed by atoms with Gasteiger partial charge in [-0.2, -0.15) is 0 Å². The van der Waals surface area contributed by atoms with Crippen LogP contribution in [0.4, 0.5) is 14.7 Å². The van der Waals surface area contributed by atoms with Gasteiger partial charge < -0.3 is 20.5 Å². The molecule has 8 heteroatoms. The number of nitrogens with zero attached hydrogens (tertiary/aromatic N) is 2. The first-order valence-electron chi connectivity index (χ1n) is 9.53. The van der Waals surface area contributed by atoms with Crippen LogP contribution in [0.25, 0.3) is 0 Å². The SMILES string of the molecule is COc1cccc(CNCC(O)C(Cc2cc(F)cc(F)c2)Nc2ncccn2)c1. The third-order valence-corrected chi connectivity index (χ3v) is 4.54. The highest BCUT2D eigenvalue weighted by Crippen LogP contribution is 2.15. The van der Waals surface area contributed by atoms with Gasteiger partial charge in [0, 0.05) is 31.5 Å². The lowest BCUT2D eigenvalue weighted by Gasteiger charge is -2.25. The summed E-state index contributed by atoms with van der Waals surface area (Å²) in [5.41, 5.74) is 1.43. The Hall–Kier alpha value is -3.10. The standard InChI is InChI=1S/C22H24F2N4O2/c1-30-19-5-2-4-15(10-19)13-25-14-21(29)20(28-22-26-6-3-7-27-22)11-16-8-17(23)12-18(24)9-16/h2-10,12,20-21,25,29H,11,13-14H2,1H3,(H,26,27,28). The Kier molecular flexibility index (Phi) is 7.64. The molecule has 3 N–H and O–H groups in total. The number of aromatic nitrogens is 2. The number of ether oxygens (including phenoxy) is 1. The van der Waals surface area contributed by atoms with Crippen molar-refractivity contribution in [1.29, 1.82) is 0 Å². The van der Waals surface area contributed by atoms with E-state index in [-0.39, 0.29) is 13.0 Å². The van der Waals surface area contributed by atoms with E-state index in [0.717, 1.165) is 17.4 Å². The van der Waals surface area contributed by atoms with Crippen LogP contribution in [0.5, 0.6) is 5.75 Å². The lowest BCUT2D eigenvalue weighted by molar-refractivity contribution is 0.148. The maximum atomic E-state index is 13.6. The maximum Gasteiger partial charge on any atom is 0.222 e. The van der Waals surface area contributed by atoms with Crippen LogP contribution in [-0.2, 0) is 13.0 Å². The summed E-state index contributed by atoms with van der Waals surface area (Å²) in [5.74, 6) is -0.245. The highest BCUT2D eigenvalue weighted by Gasteiger charge is 2.21. The van der Waals surface area contributed by atoms with Crippen LogP contribution in [0.15, 0.2) is 60.9 Å². The average Bonchev–Trinajstić information content (AvgIpc) is 2.73. The first-order valence-corrected chi connectivity index (χ1v) is 9.53. The van der Waals surface area contributed by atoms with Gasteiger partial charge in [-0.05, 0) is 47.9 Å². The molecule has 30 heavy (non-hydrogen) atoms. The molecule has 0 radical (unpaired) electrons. The van der Waals surface area contributed by atoms with Crippen LogP contribution in [0.1, 0.15) is 11.1 Å². The van der Waals surface area contributed by atoms with E-state index in [0.29, 0.717) is 18.1 Å². The molecule has 1 heterocycles. The Morgan fingerprint density at radius 3 is 2.43 bits per heavy atom. The summed E-state index contributed by atoms with van der Waals surface area (Å²) < 4.78 is 32.4. The van der Waals surface area contributed by atoms with Crippen molar-refractivity contribution in [3.63, 3.8) is 0 Å². The van der Waals surface area contributed by atoms with Crippen molar-refractivity contribution in [2.24, 2.45) is 0 Å². The Balaban J connectivity index is 1.66. The zero-order valence-corrected chi connectivity index (χ0v) is 16.6. The van der Waals surface area contributed by atoms with Crippen molar-refractivity contribution >= 4 is 5.95 Å². The van der Waals surface area contributed by atoms with Crippen LogP contribution >= 0.6 is 0 Å². The summed E-state index contributed by atoms with van der Waals surface area (Å²) in [6.45, 7) is 0.775. The molecule has 0 saturated heterocycles. The minimum absolute atomic E-state index is 0.189. The fourth-order valence-corrected chi connectivity index (χ4v) is 3.09. The van der Waals surface area contributed by atoms with E-state index in [1.807, 2.05) is 24.3 Å². The number of hydrogen-bond donors (Lipinski definition) is 3. The van der Waals surface area contributed by atoms with Crippen LogP contribution < -0.4 is 15.4 Å². The van der Waals surface area contributed by atoms with Crippen LogP contribution in [0, 0.1) is 11.6 Å². The number of anilines is 1. The molecule has 0 amide bonds. The third-order valence-electron chi connectivity index (χ3n) is 4.54. The molecule has 2 unspecified atom stereocenters. The lowest BCUT2D eigenvalue weighted by Crippen LogP contribution is -2.42. The molecule has 1 aromatic heterocycles. The van der Waals surface area contributed by atoms with E-state index in [1.165, 1.54) is 12.1 Å². The van der Waals surface area contributed by atoms with Crippen LogP contribution in [-0.4, -0.2) is 40.9 Å². The van der Waals surface area contributed by atoms with Gasteiger partial charge in [-0.15, -0.1) is 0 Å². The van der Waals surface area contributed by atoms with Gasteiger partial charge in [0.05, 0.1) is 19.3 Å². The van der Waals surface area contributed by atoms with Crippen LogP contribution in [0.2, 0.25) is 0 Å². The van der Waals surface area contributed by atoms with Gasteiger partial charge in [-0.3, -0.25) is 0 Å². The minimum Gasteiger partial charge on any atom is -0.497 e. The third kappa shape index (κ3) is 6.47. The number of benzene rings is 2. The highest BCUT2D eigenvalue weighted by atomic mass is 19.1. The summed E-state index contributed by atoms with van der Waals surface area (Å²) in [7, 11) is 1.60. The van der Waals surface area contributed by atoms with Gasteiger partial charge in [-0.1, -0.05) is 12.1 Å². The molecule has 158 valence electrons. The largest absolute Gasteiger partial charge is 0.497 e.